The van der Waals surface area contributed by atoms with Gasteiger partial charge in [-0.2, -0.15) is 0 Å². The molecule has 0 saturated heterocycles. The Bertz CT molecular complexity index is 894. The number of benzene rings is 3. The average molecular weight is 406 g/mol. The Balaban J connectivity index is 1.69. The number of para-hydroxylation sites is 1. The molecule has 0 radical (unpaired) electrons. The van der Waals surface area contributed by atoms with Gasteiger partial charge in [-0.15, -0.1) is 0 Å². The topological polar surface area (TPSA) is 39.7 Å². The third-order valence-electron chi connectivity index (χ3n) is 4.67. The SMILES string of the molecule is CCCC(C)Oc1ccc(CNc2cc(OCC)ccc2Oc2ccccc2)cc1. The van der Waals surface area contributed by atoms with E-state index in [0.29, 0.717) is 13.2 Å². The minimum Gasteiger partial charge on any atom is -0.494 e. The van der Waals surface area contributed by atoms with Crippen LogP contribution in [0.25, 0.3) is 0 Å². The van der Waals surface area contributed by atoms with E-state index in [2.05, 4.69) is 31.3 Å². The van der Waals surface area contributed by atoms with Crippen molar-refractivity contribution in [2.24, 2.45) is 0 Å². The van der Waals surface area contributed by atoms with E-state index in [9.17, 15) is 0 Å². The van der Waals surface area contributed by atoms with Crippen molar-refractivity contribution in [2.75, 3.05) is 11.9 Å². The first-order valence-electron chi connectivity index (χ1n) is 10.7. The molecule has 3 aromatic rings. The number of hydrogen-bond acceptors (Lipinski definition) is 4. The molecule has 0 fully saturated rings. The molecule has 0 aromatic heterocycles. The van der Waals surface area contributed by atoms with Crippen LogP contribution in [-0.4, -0.2) is 12.7 Å². The third-order valence-corrected chi connectivity index (χ3v) is 4.67. The molecule has 0 saturated carbocycles. The van der Waals surface area contributed by atoms with E-state index in [4.69, 9.17) is 14.2 Å². The number of hydrogen-bond donors (Lipinski definition) is 1. The van der Waals surface area contributed by atoms with Gasteiger partial charge in [0.15, 0.2) is 5.75 Å². The van der Waals surface area contributed by atoms with Gasteiger partial charge in [-0.3, -0.25) is 0 Å². The van der Waals surface area contributed by atoms with Gasteiger partial charge in [-0.05, 0) is 62.2 Å². The third kappa shape index (κ3) is 6.45. The lowest BCUT2D eigenvalue weighted by molar-refractivity contribution is 0.210. The molecule has 30 heavy (non-hydrogen) atoms. The van der Waals surface area contributed by atoms with Crippen LogP contribution in [-0.2, 0) is 6.54 Å². The fraction of sp³-hybridized carbons (Fsp3) is 0.308. The van der Waals surface area contributed by atoms with Gasteiger partial charge in [0.2, 0.25) is 0 Å². The van der Waals surface area contributed by atoms with Crippen molar-refractivity contribution in [3.05, 3.63) is 78.4 Å². The van der Waals surface area contributed by atoms with Gasteiger partial charge < -0.3 is 19.5 Å². The Morgan fingerprint density at radius 2 is 1.57 bits per heavy atom. The fourth-order valence-electron chi connectivity index (χ4n) is 3.19. The van der Waals surface area contributed by atoms with Gasteiger partial charge in [0.25, 0.3) is 0 Å². The van der Waals surface area contributed by atoms with Gasteiger partial charge in [-0.25, -0.2) is 0 Å². The van der Waals surface area contributed by atoms with Crippen LogP contribution in [0.5, 0.6) is 23.0 Å². The van der Waals surface area contributed by atoms with Crippen LogP contribution in [0.15, 0.2) is 72.8 Å². The second-order valence-corrected chi connectivity index (χ2v) is 7.22. The van der Waals surface area contributed by atoms with E-state index in [0.717, 1.165) is 47.1 Å². The lowest BCUT2D eigenvalue weighted by atomic mass is 10.2. The first-order chi connectivity index (χ1) is 14.7. The molecular formula is C26H31NO3. The van der Waals surface area contributed by atoms with Gasteiger partial charge in [-0.1, -0.05) is 43.7 Å². The molecule has 3 aromatic carbocycles. The van der Waals surface area contributed by atoms with E-state index in [1.54, 1.807) is 0 Å². The quantitative estimate of drug-likeness (QED) is 0.371. The van der Waals surface area contributed by atoms with Crippen molar-refractivity contribution < 1.29 is 14.2 Å². The summed E-state index contributed by atoms with van der Waals surface area (Å²) >= 11 is 0. The molecule has 0 bridgehead atoms. The largest absolute Gasteiger partial charge is 0.494 e. The summed E-state index contributed by atoms with van der Waals surface area (Å²) < 4.78 is 17.7. The molecule has 1 N–H and O–H groups in total. The number of anilines is 1. The number of nitrogens with one attached hydrogen (secondary N) is 1. The van der Waals surface area contributed by atoms with Crippen molar-refractivity contribution in [2.45, 2.75) is 46.3 Å². The molecule has 4 nitrogen and oxygen atoms in total. The zero-order valence-electron chi connectivity index (χ0n) is 18.1. The maximum Gasteiger partial charge on any atom is 0.150 e. The predicted molar refractivity (Wildman–Crippen MR) is 123 cm³/mol. The van der Waals surface area contributed by atoms with Crippen molar-refractivity contribution in [1.29, 1.82) is 0 Å². The molecule has 0 heterocycles. The molecule has 4 heteroatoms. The first kappa shape index (κ1) is 21.6. The van der Waals surface area contributed by atoms with Crippen LogP contribution in [0, 0.1) is 0 Å². The molecule has 1 atom stereocenters. The van der Waals surface area contributed by atoms with E-state index in [1.807, 2.05) is 67.6 Å². The minimum atomic E-state index is 0.234. The molecule has 0 aliphatic heterocycles. The second kappa shape index (κ2) is 11.1. The van der Waals surface area contributed by atoms with Crippen LogP contribution >= 0.6 is 0 Å². The zero-order chi connectivity index (χ0) is 21.2. The average Bonchev–Trinajstić information content (AvgIpc) is 2.76. The number of rotatable bonds is 11. The molecule has 1 unspecified atom stereocenters. The van der Waals surface area contributed by atoms with E-state index in [-0.39, 0.29) is 6.10 Å². The fourth-order valence-corrected chi connectivity index (χ4v) is 3.19. The molecule has 0 amide bonds. The summed E-state index contributed by atoms with van der Waals surface area (Å²) in [6, 6.07) is 23.9. The first-order valence-corrected chi connectivity index (χ1v) is 10.7. The Labute approximate surface area is 179 Å². The molecule has 0 aliphatic rings. The van der Waals surface area contributed by atoms with Crippen molar-refractivity contribution in [3.63, 3.8) is 0 Å². The van der Waals surface area contributed by atoms with E-state index < -0.39 is 0 Å². The number of ether oxygens (including phenoxy) is 3. The molecule has 0 spiro atoms. The smallest absolute Gasteiger partial charge is 0.150 e. The summed E-state index contributed by atoms with van der Waals surface area (Å²) in [5, 5.41) is 3.48. The summed E-state index contributed by atoms with van der Waals surface area (Å²) in [5.41, 5.74) is 2.06. The molecule has 158 valence electrons. The summed E-state index contributed by atoms with van der Waals surface area (Å²) in [4.78, 5) is 0. The summed E-state index contributed by atoms with van der Waals surface area (Å²) in [5.74, 6) is 3.28. The Kier molecular flexibility index (Phi) is 8.02. The van der Waals surface area contributed by atoms with Crippen molar-refractivity contribution in [3.8, 4) is 23.0 Å². The second-order valence-electron chi connectivity index (χ2n) is 7.22. The monoisotopic (exact) mass is 405 g/mol. The Hall–Kier alpha value is -3.14. The maximum atomic E-state index is 6.08. The molecule has 0 aliphatic carbocycles. The predicted octanol–water partition coefficient (Wildman–Crippen LogP) is 7.06. The highest BCUT2D eigenvalue weighted by Gasteiger charge is 2.08. The summed E-state index contributed by atoms with van der Waals surface area (Å²) in [6.07, 6.45) is 2.42. The van der Waals surface area contributed by atoms with Crippen LogP contribution in [0.4, 0.5) is 5.69 Å². The highest BCUT2D eigenvalue weighted by Crippen LogP contribution is 2.33. The highest BCUT2D eigenvalue weighted by atomic mass is 16.5. The van der Waals surface area contributed by atoms with Crippen LogP contribution in [0.3, 0.4) is 0 Å². The van der Waals surface area contributed by atoms with Crippen molar-refractivity contribution in [1.82, 2.24) is 0 Å². The lowest BCUT2D eigenvalue weighted by Gasteiger charge is -2.16. The minimum absolute atomic E-state index is 0.234. The summed E-state index contributed by atoms with van der Waals surface area (Å²) in [6.45, 7) is 7.55. The normalized spacial score (nSPS) is 11.6. The maximum absolute atomic E-state index is 6.08. The van der Waals surface area contributed by atoms with Gasteiger partial charge in [0.05, 0.1) is 18.4 Å². The van der Waals surface area contributed by atoms with Crippen molar-refractivity contribution >= 4 is 5.69 Å². The standard InChI is InChI=1S/C26H31NO3/c1-4-9-20(3)29-23-14-12-21(13-15-23)19-27-25-18-24(28-5-2)16-17-26(25)30-22-10-7-6-8-11-22/h6-8,10-18,20,27H,4-5,9,19H2,1-3H3. The van der Waals surface area contributed by atoms with Gasteiger partial charge >= 0.3 is 0 Å². The van der Waals surface area contributed by atoms with E-state index >= 15 is 0 Å². The van der Waals surface area contributed by atoms with Crippen LogP contribution in [0.1, 0.15) is 39.2 Å². The van der Waals surface area contributed by atoms with Crippen LogP contribution in [0.2, 0.25) is 0 Å². The Morgan fingerprint density at radius 3 is 2.27 bits per heavy atom. The molecular weight excluding hydrogens is 374 g/mol. The highest BCUT2D eigenvalue weighted by molar-refractivity contribution is 5.61. The summed E-state index contributed by atoms with van der Waals surface area (Å²) in [7, 11) is 0. The van der Waals surface area contributed by atoms with Gasteiger partial charge in [0, 0.05) is 12.6 Å². The zero-order valence-corrected chi connectivity index (χ0v) is 18.1. The lowest BCUT2D eigenvalue weighted by Crippen LogP contribution is -2.10. The van der Waals surface area contributed by atoms with E-state index in [1.165, 1.54) is 0 Å². The molecule has 3 rings (SSSR count). The Morgan fingerprint density at radius 1 is 0.833 bits per heavy atom. The van der Waals surface area contributed by atoms with Gasteiger partial charge in [0.1, 0.15) is 17.2 Å². The van der Waals surface area contributed by atoms with Crippen LogP contribution < -0.4 is 19.5 Å².